The molecule has 0 unspecified atom stereocenters. The molecule has 7 heteroatoms. The smallest absolute Gasteiger partial charge is 0.427 e. The predicted octanol–water partition coefficient (Wildman–Crippen LogP) is 0.524. The Morgan fingerprint density at radius 1 is 1.46 bits per heavy atom. The molecule has 13 heavy (non-hydrogen) atoms. The molecule has 0 bridgehead atoms. The molecule has 68 valence electrons. The molecule has 0 spiro atoms. The third-order valence-corrected chi connectivity index (χ3v) is 2.29. The molecule has 0 aliphatic rings. The summed E-state index contributed by atoms with van der Waals surface area (Å²) in [4.78, 5) is 2.45. The second-order valence-corrected chi connectivity index (χ2v) is 3.86. The predicted molar refractivity (Wildman–Crippen MR) is 44.2 cm³/mol. The highest BCUT2D eigenvalue weighted by Gasteiger charge is 2.18. The number of phenolic OH excluding ortho intramolecular Hbond substituents is 1. The normalized spacial score (nSPS) is 10.8. The van der Waals surface area contributed by atoms with Gasteiger partial charge in [0.2, 0.25) is 21.2 Å². The van der Waals surface area contributed by atoms with Crippen LogP contribution in [0.1, 0.15) is 0 Å². The lowest BCUT2D eigenvalue weighted by Crippen LogP contribution is -2.11. The molecule has 0 atom stereocenters. The first-order valence-electron chi connectivity index (χ1n) is 3.16. The molecule has 0 heterocycles. The SMILES string of the molecule is N#[N+]c1cc(S(N)(=O)=O)ccc1O. The number of benzene rings is 1. The second kappa shape index (κ2) is 3.01. The van der Waals surface area contributed by atoms with Crippen molar-refractivity contribution in [3.63, 3.8) is 0 Å². The molecule has 0 aromatic heterocycles. The lowest BCUT2D eigenvalue weighted by Gasteiger charge is -1.94. The largest absolute Gasteiger partial charge is 0.501 e. The van der Waals surface area contributed by atoms with E-state index in [0.29, 0.717) is 0 Å². The van der Waals surface area contributed by atoms with E-state index in [1.807, 2.05) is 0 Å². The Morgan fingerprint density at radius 3 is 2.54 bits per heavy atom. The zero-order valence-corrected chi connectivity index (χ0v) is 7.19. The molecule has 0 radical (unpaired) electrons. The summed E-state index contributed by atoms with van der Waals surface area (Å²) in [5.74, 6) is -0.324. The van der Waals surface area contributed by atoms with Crippen LogP contribution in [0.4, 0.5) is 5.69 Å². The van der Waals surface area contributed by atoms with Gasteiger partial charge in [0.05, 0.1) is 11.0 Å². The standard InChI is InChI=1S/C6H5N3O3S/c7-9-5-3-4(13(8,11)12)1-2-6(5)10/h1-3H,(H2-,8,10,11,12)/p+1. The molecule has 1 aromatic rings. The summed E-state index contributed by atoms with van der Waals surface area (Å²) in [7, 11) is -3.83. The second-order valence-electron chi connectivity index (χ2n) is 2.30. The van der Waals surface area contributed by atoms with Gasteiger partial charge in [0.15, 0.2) is 4.98 Å². The fourth-order valence-electron chi connectivity index (χ4n) is 0.760. The number of aromatic hydroxyl groups is 1. The Labute approximate surface area is 74.3 Å². The molecule has 6 nitrogen and oxygen atoms in total. The first-order chi connectivity index (χ1) is 5.95. The number of hydrogen-bond donors (Lipinski definition) is 2. The Hall–Kier alpha value is -1.65. The Balaban J connectivity index is 3.41. The van der Waals surface area contributed by atoms with Gasteiger partial charge in [0, 0.05) is 0 Å². The fourth-order valence-corrected chi connectivity index (χ4v) is 1.29. The third-order valence-electron chi connectivity index (χ3n) is 1.38. The van der Waals surface area contributed by atoms with Gasteiger partial charge in [-0.15, -0.1) is 0 Å². The van der Waals surface area contributed by atoms with Gasteiger partial charge < -0.3 is 5.11 Å². The highest BCUT2D eigenvalue weighted by molar-refractivity contribution is 7.89. The van der Waals surface area contributed by atoms with E-state index >= 15 is 0 Å². The van der Waals surface area contributed by atoms with Crippen LogP contribution in [-0.2, 0) is 10.0 Å². The maximum Gasteiger partial charge on any atom is 0.427 e. The van der Waals surface area contributed by atoms with Crippen LogP contribution < -0.4 is 5.14 Å². The number of phenols is 1. The van der Waals surface area contributed by atoms with E-state index in [1.165, 1.54) is 0 Å². The Bertz CT molecular complexity index is 474. The van der Waals surface area contributed by atoms with Crippen LogP contribution in [-0.4, -0.2) is 13.5 Å². The Morgan fingerprint density at radius 2 is 2.08 bits per heavy atom. The van der Waals surface area contributed by atoms with Crippen LogP contribution in [0.15, 0.2) is 23.1 Å². The minimum Gasteiger partial charge on any atom is -0.501 e. The van der Waals surface area contributed by atoms with Crippen LogP contribution in [0, 0.1) is 5.39 Å². The molecule has 1 aromatic carbocycles. The molecule has 3 N–H and O–H groups in total. The van der Waals surface area contributed by atoms with Crippen molar-refractivity contribution < 1.29 is 13.5 Å². The van der Waals surface area contributed by atoms with Crippen molar-refractivity contribution in [2.45, 2.75) is 4.90 Å². The first-order valence-corrected chi connectivity index (χ1v) is 4.70. The van der Waals surface area contributed by atoms with E-state index in [1.54, 1.807) is 0 Å². The summed E-state index contributed by atoms with van der Waals surface area (Å²) >= 11 is 0. The summed E-state index contributed by atoms with van der Waals surface area (Å²) in [6.07, 6.45) is 0. The molecular formula is C6H6N3O3S+. The minimum atomic E-state index is -3.83. The average Bonchev–Trinajstić information content (AvgIpc) is 2.03. The number of sulfonamides is 1. The zero-order chi connectivity index (χ0) is 10.1. The molecule has 0 amide bonds. The maximum atomic E-state index is 10.8. The van der Waals surface area contributed by atoms with Crippen molar-refractivity contribution >= 4 is 15.7 Å². The van der Waals surface area contributed by atoms with Gasteiger partial charge >= 0.3 is 5.69 Å². The lowest BCUT2D eigenvalue weighted by molar-refractivity contribution is 0.478. The van der Waals surface area contributed by atoms with Crippen molar-refractivity contribution in [3.05, 3.63) is 23.2 Å². The molecular weight excluding hydrogens is 194 g/mol. The first kappa shape index (κ1) is 9.44. The van der Waals surface area contributed by atoms with E-state index in [4.69, 9.17) is 15.6 Å². The van der Waals surface area contributed by atoms with Gasteiger partial charge in [-0.3, -0.25) is 0 Å². The van der Waals surface area contributed by atoms with Crippen molar-refractivity contribution in [1.82, 2.24) is 0 Å². The number of diazo groups is 1. The number of rotatable bonds is 1. The molecule has 0 saturated heterocycles. The molecule has 0 aliphatic carbocycles. The van der Waals surface area contributed by atoms with Crippen molar-refractivity contribution in [2.24, 2.45) is 5.14 Å². The number of nitrogens with two attached hydrogens (primary N) is 1. The molecule has 1 rings (SSSR count). The van der Waals surface area contributed by atoms with Crippen LogP contribution in [0.5, 0.6) is 5.75 Å². The summed E-state index contributed by atoms with van der Waals surface area (Å²) in [6.45, 7) is 0. The van der Waals surface area contributed by atoms with Gasteiger partial charge in [-0.05, 0) is 12.1 Å². The Kier molecular flexibility index (Phi) is 2.18. The maximum absolute atomic E-state index is 10.8. The summed E-state index contributed by atoms with van der Waals surface area (Å²) < 4.78 is 21.6. The van der Waals surface area contributed by atoms with Crippen LogP contribution in [0.2, 0.25) is 0 Å². The number of hydrogen-bond acceptors (Lipinski definition) is 4. The highest BCUT2D eigenvalue weighted by Crippen LogP contribution is 2.28. The topological polar surface area (TPSA) is 109 Å². The molecule has 0 fully saturated rings. The minimum absolute atomic E-state index is 0.224. The van der Waals surface area contributed by atoms with Crippen molar-refractivity contribution in [2.75, 3.05) is 0 Å². The zero-order valence-electron chi connectivity index (χ0n) is 6.38. The van der Waals surface area contributed by atoms with E-state index in [0.717, 1.165) is 18.2 Å². The van der Waals surface area contributed by atoms with Crippen molar-refractivity contribution in [1.29, 1.82) is 5.39 Å². The van der Waals surface area contributed by atoms with E-state index in [-0.39, 0.29) is 16.3 Å². The van der Waals surface area contributed by atoms with Crippen LogP contribution in [0.25, 0.3) is 4.98 Å². The highest BCUT2D eigenvalue weighted by atomic mass is 32.2. The van der Waals surface area contributed by atoms with Gasteiger partial charge in [-0.2, -0.15) is 0 Å². The van der Waals surface area contributed by atoms with Gasteiger partial charge in [0.25, 0.3) is 0 Å². The lowest BCUT2D eigenvalue weighted by atomic mass is 10.3. The molecule has 0 aliphatic heterocycles. The van der Waals surface area contributed by atoms with E-state index < -0.39 is 10.0 Å². The fraction of sp³-hybridized carbons (Fsp3) is 0. The van der Waals surface area contributed by atoms with Gasteiger partial charge in [0.1, 0.15) is 0 Å². The van der Waals surface area contributed by atoms with E-state index in [2.05, 4.69) is 4.98 Å². The van der Waals surface area contributed by atoms with Gasteiger partial charge in [-0.25, -0.2) is 13.6 Å². The average molecular weight is 200 g/mol. The van der Waals surface area contributed by atoms with E-state index in [9.17, 15) is 8.42 Å². The quantitative estimate of drug-likeness (QED) is 0.644. The third kappa shape index (κ3) is 1.93. The monoisotopic (exact) mass is 200 g/mol. The van der Waals surface area contributed by atoms with Crippen LogP contribution in [0.3, 0.4) is 0 Å². The van der Waals surface area contributed by atoms with Crippen molar-refractivity contribution in [3.8, 4) is 5.75 Å². The summed E-state index contributed by atoms with van der Waals surface area (Å²) in [6, 6.07) is 3.15. The van der Waals surface area contributed by atoms with Crippen LogP contribution >= 0.6 is 0 Å². The van der Waals surface area contributed by atoms with Gasteiger partial charge in [-0.1, -0.05) is 0 Å². The summed E-state index contributed by atoms with van der Waals surface area (Å²) in [5.41, 5.74) is -0.244. The molecule has 0 saturated carbocycles. The summed E-state index contributed by atoms with van der Waals surface area (Å²) in [5, 5.41) is 22.1. The number of nitrogens with zero attached hydrogens (tertiary/aromatic N) is 2. The number of primary sulfonamides is 1.